The van der Waals surface area contributed by atoms with E-state index in [-0.39, 0.29) is 13.2 Å². The number of nitrogens with zero attached hydrogens (tertiary/aromatic N) is 1. The monoisotopic (exact) mass is 158 g/mol. The van der Waals surface area contributed by atoms with Crippen LogP contribution in [0.3, 0.4) is 0 Å². The molecule has 0 spiro atoms. The van der Waals surface area contributed by atoms with Crippen LogP contribution in [0.25, 0.3) is 0 Å². The van der Waals surface area contributed by atoms with Crippen LogP contribution in [0.4, 0.5) is 0 Å². The van der Waals surface area contributed by atoms with Crippen LogP contribution < -0.4 is 4.74 Å². The number of hydrogen-bond acceptors (Lipinski definition) is 4. The van der Waals surface area contributed by atoms with Crippen molar-refractivity contribution in [1.82, 2.24) is 9.97 Å². The van der Waals surface area contributed by atoms with Crippen LogP contribution >= 0.6 is 0 Å². The topological polar surface area (TPSA) is 78.4 Å². The van der Waals surface area contributed by atoms with Crippen LogP contribution in [0.2, 0.25) is 0 Å². The third kappa shape index (κ3) is 2.57. The van der Waals surface area contributed by atoms with Crippen molar-refractivity contribution in [3.8, 4) is 6.01 Å². The minimum atomic E-state index is -0.847. The number of rotatable bonds is 4. The van der Waals surface area contributed by atoms with E-state index in [0.717, 1.165) is 0 Å². The van der Waals surface area contributed by atoms with E-state index in [2.05, 4.69) is 9.97 Å². The number of aliphatic hydroxyl groups excluding tert-OH is 2. The van der Waals surface area contributed by atoms with Crippen molar-refractivity contribution < 1.29 is 14.9 Å². The lowest BCUT2D eigenvalue weighted by atomic mass is 10.4. The summed E-state index contributed by atoms with van der Waals surface area (Å²) in [6.45, 7) is -0.259. The van der Waals surface area contributed by atoms with Crippen molar-refractivity contribution in [2.45, 2.75) is 6.10 Å². The molecule has 1 aromatic rings. The van der Waals surface area contributed by atoms with Crippen molar-refractivity contribution in [3.05, 3.63) is 12.4 Å². The van der Waals surface area contributed by atoms with Gasteiger partial charge in [0.05, 0.1) is 6.61 Å². The Labute approximate surface area is 63.7 Å². The molecule has 1 aromatic heterocycles. The van der Waals surface area contributed by atoms with E-state index in [4.69, 9.17) is 14.9 Å². The fraction of sp³-hybridized carbons (Fsp3) is 0.500. The molecule has 62 valence electrons. The molecule has 1 rings (SSSR count). The SMILES string of the molecule is OCC(O)COc1ncc[nH]1. The summed E-state index contributed by atoms with van der Waals surface area (Å²) < 4.78 is 4.92. The standard InChI is InChI=1S/C6H10N2O3/c9-3-5(10)4-11-6-7-1-2-8-6/h1-2,5,9-10H,3-4H2,(H,7,8). The lowest BCUT2D eigenvalue weighted by Crippen LogP contribution is -2.21. The number of ether oxygens (including phenoxy) is 1. The van der Waals surface area contributed by atoms with Gasteiger partial charge in [0.2, 0.25) is 0 Å². The van der Waals surface area contributed by atoms with Crippen LogP contribution in [0.5, 0.6) is 6.01 Å². The number of aromatic amines is 1. The molecule has 0 amide bonds. The first-order chi connectivity index (χ1) is 5.33. The Morgan fingerprint density at radius 3 is 3.09 bits per heavy atom. The van der Waals surface area contributed by atoms with Crippen LogP contribution in [0.15, 0.2) is 12.4 Å². The van der Waals surface area contributed by atoms with Gasteiger partial charge >= 0.3 is 0 Å². The first-order valence-electron chi connectivity index (χ1n) is 3.24. The van der Waals surface area contributed by atoms with Crippen molar-refractivity contribution in [2.24, 2.45) is 0 Å². The second-order valence-electron chi connectivity index (χ2n) is 2.04. The zero-order chi connectivity index (χ0) is 8.10. The smallest absolute Gasteiger partial charge is 0.293 e. The Bertz CT molecular complexity index is 188. The summed E-state index contributed by atoms with van der Waals surface area (Å²) in [6, 6.07) is 0.345. The second kappa shape index (κ2) is 3.95. The molecule has 0 saturated carbocycles. The summed E-state index contributed by atoms with van der Waals surface area (Å²) in [5.41, 5.74) is 0. The van der Waals surface area contributed by atoms with Gasteiger partial charge in [-0.05, 0) is 0 Å². The molecule has 0 saturated heterocycles. The molecule has 0 aromatic carbocycles. The van der Waals surface area contributed by atoms with Gasteiger partial charge in [-0.15, -0.1) is 0 Å². The fourth-order valence-electron chi connectivity index (χ4n) is 0.558. The van der Waals surface area contributed by atoms with Crippen molar-refractivity contribution in [1.29, 1.82) is 0 Å². The Kier molecular flexibility index (Phi) is 2.88. The van der Waals surface area contributed by atoms with E-state index in [1.165, 1.54) is 0 Å². The molecule has 0 aliphatic rings. The van der Waals surface area contributed by atoms with E-state index in [1.807, 2.05) is 0 Å². The molecule has 0 aliphatic carbocycles. The highest BCUT2D eigenvalue weighted by atomic mass is 16.5. The lowest BCUT2D eigenvalue weighted by Gasteiger charge is -2.05. The molecule has 1 heterocycles. The quantitative estimate of drug-likeness (QED) is 0.533. The van der Waals surface area contributed by atoms with Gasteiger partial charge in [0.25, 0.3) is 6.01 Å². The van der Waals surface area contributed by atoms with E-state index in [0.29, 0.717) is 6.01 Å². The van der Waals surface area contributed by atoms with Gasteiger partial charge in [-0.3, -0.25) is 0 Å². The van der Waals surface area contributed by atoms with Gasteiger partial charge in [0.1, 0.15) is 12.7 Å². The van der Waals surface area contributed by atoms with Gasteiger partial charge < -0.3 is 19.9 Å². The predicted octanol–water partition coefficient (Wildman–Crippen LogP) is -0.858. The molecular weight excluding hydrogens is 148 g/mol. The number of aliphatic hydroxyl groups is 2. The van der Waals surface area contributed by atoms with E-state index >= 15 is 0 Å². The number of imidazole rings is 1. The third-order valence-electron chi connectivity index (χ3n) is 1.10. The van der Waals surface area contributed by atoms with Crippen molar-refractivity contribution >= 4 is 0 Å². The minimum absolute atomic E-state index is 0.0456. The highest BCUT2D eigenvalue weighted by molar-refractivity contribution is 4.92. The molecular formula is C6H10N2O3. The lowest BCUT2D eigenvalue weighted by molar-refractivity contribution is 0.0507. The average Bonchev–Trinajstić information content (AvgIpc) is 2.52. The molecule has 0 fully saturated rings. The van der Waals surface area contributed by atoms with Gasteiger partial charge in [-0.2, -0.15) is 0 Å². The van der Waals surface area contributed by atoms with Crippen molar-refractivity contribution in [3.63, 3.8) is 0 Å². The third-order valence-corrected chi connectivity index (χ3v) is 1.10. The van der Waals surface area contributed by atoms with E-state index < -0.39 is 6.10 Å². The molecule has 0 bridgehead atoms. The minimum Gasteiger partial charge on any atom is -0.462 e. The van der Waals surface area contributed by atoms with Gasteiger partial charge in [-0.25, -0.2) is 4.98 Å². The molecule has 11 heavy (non-hydrogen) atoms. The van der Waals surface area contributed by atoms with Gasteiger partial charge in [-0.1, -0.05) is 0 Å². The fourth-order valence-corrected chi connectivity index (χ4v) is 0.558. The van der Waals surface area contributed by atoms with Crippen LogP contribution in [-0.2, 0) is 0 Å². The predicted molar refractivity (Wildman–Crippen MR) is 37.2 cm³/mol. The summed E-state index contributed by atoms with van der Waals surface area (Å²) in [7, 11) is 0. The maximum atomic E-state index is 8.84. The first kappa shape index (κ1) is 8.03. The summed E-state index contributed by atoms with van der Waals surface area (Å²) in [6.07, 6.45) is 2.31. The zero-order valence-electron chi connectivity index (χ0n) is 5.90. The molecule has 5 heteroatoms. The molecule has 0 aliphatic heterocycles. The Morgan fingerprint density at radius 1 is 1.73 bits per heavy atom. The van der Waals surface area contributed by atoms with E-state index in [1.54, 1.807) is 12.4 Å². The summed E-state index contributed by atoms with van der Waals surface area (Å²) >= 11 is 0. The molecule has 3 N–H and O–H groups in total. The Balaban J connectivity index is 2.23. The maximum absolute atomic E-state index is 8.84. The second-order valence-corrected chi connectivity index (χ2v) is 2.04. The maximum Gasteiger partial charge on any atom is 0.293 e. The Morgan fingerprint density at radius 2 is 2.55 bits per heavy atom. The normalized spacial score (nSPS) is 12.9. The number of aromatic nitrogens is 2. The Hall–Kier alpha value is -1.07. The summed E-state index contributed by atoms with van der Waals surface area (Å²) in [4.78, 5) is 6.44. The van der Waals surface area contributed by atoms with Gasteiger partial charge in [0.15, 0.2) is 0 Å². The summed E-state index contributed by atoms with van der Waals surface area (Å²) in [5.74, 6) is 0. The number of nitrogens with one attached hydrogen (secondary N) is 1. The number of hydrogen-bond donors (Lipinski definition) is 3. The van der Waals surface area contributed by atoms with Crippen molar-refractivity contribution in [2.75, 3.05) is 13.2 Å². The highest BCUT2D eigenvalue weighted by Crippen LogP contribution is 1.98. The first-order valence-corrected chi connectivity index (χ1v) is 3.24. The largest absolute Gasteiger partial charge is 0.462 e. The van der Waals surface area contributed by atoms with Crippen LogP contribution in [-0.4, -0.2) is 39.5 Å². The molecule has 1 unspecified atom stereocenters. The highest BCUT2D eigenvalue weighted by Gasteiger charge is 2.02. The summed E-state index contributed by atoms with van der Waals surface area (Å²) in [5, 5.41) is 17.2. The average molecular weight is 158 g/mol. The number of H-pyrrole nitrogens is 1. The zero-order valence-corrected chi connectivity index (χ0v) is 5.90. The van der Waals surface area contributed by atoms with Crippen LogP contribution in [0.1, 0.15) is 0 Å². The molecule has 0 radical (unpaired) electrons. The van der Waals surface area contributed by atoms with Gasteiger partial charge in [0, 0.05) is 12.4 Å². The van der Waals surface area contributed by atoms with Crippen LogP contribution in [0, 0.1) is 0 Å². The molecule has 5 nitrogen and oxygen atoms in total. The van der Waals surface area contributed by atoms with E-state index in [9.17, 15) is 0 Å². The molecule has 1 atom stereocenters.